The summed E-state index contributed by atoms with van der Waals surface area (Å²) in [5, 5.41) is 12.2. The molecule has 0 unspecified atom stereocenters. The van der Waals surface area contributed by atoms with E-state index in [1.807, 2.05) is 11.3 Å². The van der Waals surface area contributed by atoms with E-state index >= 15 is 0 Å². The van der Waals surface area contributed by atoms with Gasteiger partial charge in [-0.1, -0.05) is 140 Å². The summed E-state index contributed by atoms with van der Waals surface area (Å²) in [5.41, 5.74) is 9.88. The second-order valence-electron chi connectivity index (χ2n) is 14.8. The highest BCUT2D eigenvalue weighted by molar-refractivity contribution is 7.25. The number of hydrogen-bond acceptors (Lipinski definition) is 3. The average Bonchev–Trinajstić information content (AvgIpc) is 3.86. The Morgan fingerprint density at radius 3 is 1.77 bits per heavy atom. The number of anilines is 3. The van der Waals surface area contributed by atoms with E-state index in [2.05, 4.69) is 205 Å². The van der Waals surface area contributed by atoms with Gasteiger partial charge in [-0.2, -0.15) is 0 Å². The van der Waals surface area contributed by atoms with Crippen molar-refractivity contribution in [2.75, 3.05) is 4.90 Å². The van der Waals surface area contributed by atoms with Gasteiger partial charge in [0.1, 0.15) is 11.2 Å². The Morgan fingerprint density at radius 1 is 0.368 bits per heavy atom. The summed E-state index contributed by atoms with van der Waals surface area (Å²) in [7, 11) is 0. The molecule has 0 radical (unpaired) electrons. The first-order valence-corrected chi connectivity index (χ1v) is 20.2. The van der Waals surface area contributed by atoms with Crippen LogP contribution in [0.15, 0.2) is 205 Å². The van der Waals surface area contributed by atoms with Gasteiger partial charge in [0.05, 0.1) is 11.1 Å². The molecule has 0 spiro atoms. The molecule has 57 heavy (non-hydrogen) atoms. The van der Waals surface area contributed by atoms with Crippen molar-refractivity contribution >= 4 is 103 Å². The first-order valence-electron chi connectivity index (χ1n) is 19.4. The van der Waals surface area contributed by atoms with E-state index < -0.39 is 0 Å². The monoisotopic (exact) mass is 743 g/mol. The van der Waals surface area contributed by atoms with Crippen molar-refractivity contribution in [3.63, 3.8) is 0 Å². The number of rotatable bonds is 5. The lowest BCUT2D eigenvalue weighted by Crippen LogP contribution is -2.10. The highest BCUT2D eigenvalue weighted by Crippen LogP contribution is 2.46. The molecule has 2 heterocycles. The molecule has 266 valence electrons. The number of furan rings is 1. The molecule has 0 saturated heterocycles. The zero-order valence-electron chi connectivity index (χ0n) is 30.8. The van der Waals surface area contributed by atoms with Crippen molar-refractivity contribution in [3.8, 4) is 22.3 Å². The van der Waals surface area contributed by atoms with Crippen LogP contribution in [0, 0.1) is 0 Å². The van der Waals surface area contributed by atoms with Gasteiger partial charge >= 0.3 is 0 Å². The quantitative estimate of drug-likeness (QED) is 0.163. The van der Waals surface area contributed by atoms with Crippen LogP contribution < -0.4 is 4.90 Å². The molecule has 3 heteroatoms. The Labute approximate surface area is 333 Å². The first kappa shape index (κ1) is 32.1. The van der Waals surface area contributed by atoms with Gasteiger partial charge in [-0.3, -0.25) is 0 Å². The summed E-state index contributed by atoms with van der Waals surface area (Å²) in [6.45, 7) is 0. The molecule has 12 aromatic rings. The van der Waals surface area contributed by atoms with E-state index in [-0.39, 0.29) is 0 Å². The van der Waals surface area contributed by atoms with Crippen molar-refractivity contribution in [1.29, 1.82) is 0 Å². The van der Waals surface area contributed by atoms with Crippen molar-refractivity contribution in [3.05, 3.63) is 200 Å². The van der Waals surface area contributed by atoms with Gasteiger partial charge in [-0.25, -0.2) is 0 Å². The Balaban J connectivity index is 1.05. The van der Waals surface area contributed by atoms with Gasteiger partial charge in [-0.05, 0) is 110 Å². The smallest absolute Gasteiger partial charge is 0.143 e. The van der Waals surface area contributed by atoms with Crippen LogP contribution in [-0.4, -0.2) is 0 Å². The average molecular weight is 744 g/mol. The summed E-state index contributed by atoms with van der Waals surface area (Å²) in [6, 6.07) is 72.7. The Bertz CT molecular complexity index is 3520. The Hall–Kier alpha value is -7.20. The predicted molar refractivity (Wildman–Crippen MR) is 245 cm³/mol. The molecule has 12 rings (SSSR count). The van der Waals surface area contributed by atoms with Crippen molar-refractivity contribution in [2.24, 2.45) is 0 Å². The minimum Gasteiger partial charge on any atom is -0.455 e. The molecule has 2 aromatic heterocycles. The number of thiophene rings is 1. The third-order valence-corrected chi connectivity index (χ3v) is 12.8. The van der Waals surface area contributed by atoms with Gasteiger partial charge < -0.3 is 9.32 Å². The maximum absolute atomic E-state index is 6.70. The van der Waals surface area contributed by atoms with Gasteiger partial charge in [-0.15, -0.1) is 11.3 Å². The van der Waals surface area contributed by atoms with Gasteiger partial charge in [0.25, 0.3) is 0 Å². The lowest BCUT2D eigenvalue weighted by molar-refractivity contribution is 0.672. The number of hydrogen-bond donors (Lipinski definition) is 0. The molecular formula is C54H33NOS. The fourth-order valence-corrected chi connectivity index (χ4v) is 10.2. The molecule has 0 fully saturated rings. The standard InChI is InChI=1S/C54H33NOS/c1-4-14-42-34(11-1)27-32-46-53-48(19-10-20-49(53)56-54(42)46)55(38-28-23-35(24-29-38)41-18-9-22-51-52(41)45-17-7-8-21-50(45)57-51)39-30-25-36(26-31-39)47-33-37-12-2-3-13-40(37)43-15-5-6-16-44(43)47/h1-33H. The summed E-state index contributed by atoms with van der Waals surface area (Å²) in [6.07, 6.45) is 0. The molecule has 10 aromatic carbocycles. The second kappa shape index (κ2) is 12.7. The third kappa shape index (κ3) is 5.03. The molecule has 0 amide bonds. The summed E-state index contributed by atoms with van der Waals surface area (Å²) >= 11 is 1.86. The summed E-state index contributed by atoms with van der Waals surface area (Å²) in [5.74, 6) is 0. The third-order valence-electron chi connectivity index (χ3n) is 11.6. The lowest BCUT2D eigenvalue weighted by atomic mass is 9.93. The molecule has 0 atom stereocenters. The zero-order chi connectivity index (χ0) is 37.5. The fourth-order valence-electron chi connectivity index (χ4n) is 9.04. The lowest BCUT2D eigenvalue weighted by Gasteiger charge is -2.27. The van der Waals surface area contributed by atoms with Crippen LogP contribution in [-0.2, 0) is 0 Å². The molecule has 0 aliphatic rings. The van der Waals surface area contributed by atoms with Crippen LogP contribution in [0.5, 0.6) is 0 Å². The van der Waals surface area contributed by atoms with Crippen LogP contribution >= 0.6 is 11.3 Å². The van der Waals surface area contributed by atoms with E-state index in [0.29, 0.717) is 0 Å². The van der Waals surface area contributed by atoms with Crippen LogP contribution in [0.2, 0.25) is 0 Å². The topological polar surface area (TPSA) is 16.4 Å². The molecule has 0 aliphatic carbocycles. The van der Waals surface area contributed by atoms with E-state index in [1.165, 1.54) is 69.4 Å². The predicted octanol–water partition coefficient (Wildman–Crippen LogP) is 16.2. The fraction of sp³-hybridized carbons (Fsp3) is 0. The van der Waals surface area contributed by atoms with Gasteiger partial charge in [0.15, 0.2) is 0 Å². The van der Waals surface area contributed by atoms with Crippen LogP contribution in [0.25, 0.3) is 96.7 Å². The number of nitrogens with zero attached hydrogens (tertiary/aromatic N) is 1. The molecule has 0 aliphatic heterocycles. The number of benzene rings is 10. The highest BCUT2D eigenvalue weighted by atomic mass is 32.1. The van der Waals surface area contributed by atoms with E-state index in [0.717, 1.165) is 44.4 Å². The van der Waals surface area contributed by atoms with Crippen LogP contribution in [0.1, 0.15) is 0 Å². The van der Waals surface area contributed by atoms with Crippen molar-refractivity contribution < 1.29 is 4.42 Å². The largest absolute Gasteiger partial charge is 0.455 e. The second-order valence-corrected chi connectivity index (χ2v) is 15.9. The normalized spacial score (nSPS) is 11.9. The maximum atomic E-state index is 6.70. The minimum absolute atomic E-state index is 0.871. The van der Waals surface area contributed by atoms with Crippen molar-refractivity contribution in [2.45, 2.75) is 0 Å². The van der Waals surface area contributed by atoms with Crippen LogP contribution in [0.3, 0.4) is 0 Å². The maximum Gasteiger partial charge on any atom is 0.143 e. The highest BCUT2D eigenvalue weighted by Gasteiger charge is 2.21. The van der Waals surface area contributed by atoms with Gasteiger partial charge in [0, 0.05) is 42.3 Å². The summed E-state index contributed by atoms with van der Waals surface area (Å²) < 4.78 is 9.33. The zero-order valence-corrected chi connectivity index (χ0v) is 31.6. The number of fused-ring (bicyclic) bond motifs is 11. The van der Waals surface area contributed by atoms with Crippen LogP contribution in [0.4, 0.5) is 17.1 Å². The van der Waals surface area contributed by atoms with E-state index in [4.69, 9.17) is 4.42 Å². The SMILES string of the molecule is c1ccc2c(c1)cc(-c1ccc(N(c3ccc(-c4cccc5sc6ccccc6c45)cc3)c3cccc4oc5c6ccccc6ccc5c34)cc1)c1ccccc12. The summed E-state index contributed by atoms with van der Waals surface area (Å²) in [4.78, 5) is 2.39. The van der Waals surface area contributed by atoms with E-state index in [9.17, 15) is 0 Å². The van der Waals surface area contributed by atoms with E-state index in [1.54, 1.807) is 0 Å². The first-order chi connectivity index (χ1) is 28.3. The molecule has 2 nitrogen and oxygen atoms in total. The molecule has 0 bridgehead atoms. The Morgan fingerprint density at radius 2 is 0.982 bits per heavy atom. The molecular weight excluding hydrogens is 711 g/mol. The van der Waals surface area contributed by atoms with Crippen molar-refractivity contribution in [1.82, 2.24) is 0 Å². The molecule has 0 N–H and O–H groups in total. The Kier molecular flexibility index (Phi) is 7.13. The minimum atomic E-state index is 0.871. The molecule has 0 saturated carbocycles. The van der Waals surface area contributed by atoms with Gasteiger partial charge in [0.2, 0.25) is 0 Å².